The van der Waals surface area contributed by atoms with Gasteiger partial charge in [0.1, 0.15) is 12.6 Å². The number of carbonyl (C=O) groups excluding carboxylic acids is 2. The minimum Gasteiger partial charge on any atom is -0.384 e. The van der Waals surface area contributed by atoms with Crippen molar-refractivity contribution < 1.29 is 14.7 Å². The predicted molar refractivity (Wildman–Crippen MR) is 76.3 cm³/mol. The predicted octanol–water partition coefficient (Wildman–Crippen LogP) is 0.490. The van der Waals surface area contributed by atoms with E-state index in [9.17, 15) is 9.59 Å². The summed E-state index contributed by atoms with van der Waals surface area (Å²) in [5.74, 6) is 4.77. The average Bonchev–Trinajstić information content (AvgIpc) is 3.02. The molecule has 2 amide bonds. The maximum atomic E-state index is 12.4. The molecule has 0 bridgehead atoms. The van der Waals surface area contributed by atoms with Crippen molar-refractivity contribution in [2.24, 2.45) is 5.73 Å². The van der Waals surface area contributed by atoms with Crippen LogP contribution in [0.5, 0.6) is 0 Å². The van der Waals surface area contributed by atoms with Gasteiger partial charge in [0.15, 0.2) is 0 Å². The van der Waals surface area contributed by atoms with Crippen LogP contribution in [0.15, 0.2) is 6.07 Å². The molecule has 0 radical (unpaired) electrons. The Morgan fingerprint density at radius 3 is 3.00 bits per heavy atom. The molecule has 1 atom stereocenters. The number of likely N-dealkylation sites (tertiary alicyclic amines) is 1. The van der Waals surface area contributed by atoms with Crippen LogP contribution in [-0.4, -0.2) is 41.0 Å². The summed E-state index contributed by atoms with van der Waals surface area (Å²) in [5.41, 5.74) is 6.22. The Bertz CT molecular complexity index is 597. The number of rotatable bonds is 2. The smallest absolute Gasteiger partial charge is 0.264 e. The van der Waals surface area contributed by atoms with E-state index in [1.54, 1.807) is 6.07 Å². The van der Waals surface area contributed by atoms with Crippen LogP contribution in [0, 0.1) is 18.8 Å². The molecule has 1 aromatic rings. The highest BCUT2D eigenvalue weighted by atomic mass is 32.1. The fourth-order valence-corrected chi connectivity index (χ4v) is 3.28. The maximum Gasteiger partial charge on any atom is 0.264 e. The molecule has 1 unspecified atom stereocenters. The number of nitrogens with zero attached hydrogens (tertiary/aromatic N) is 1. The highest BCUT2D eigenvalue weighted by Gasteiger charge is 2.33. The summed E-state index contributed by atoms with van der Waals surface area (Å²) in [7, 11) is 0. The molecule has 0 aliphatic carbocycles. The summed E-state index contributed by atoms with van der Waals surface area (Å²) < 4.78 is 0. The fraction of sp³-hybridized carbons (Fsp3) is 0.429. The van der Waals surface area contributed by atoms with Crippen molar-refractivity contribution >= 4 is 23.2 Å². The van der Waals surface area contributed by atoms with Crippen molar-refractivity contribution in [2.45, 2.75) is 25.8 Å². The fourth-order valence-electron chi connectivity index (χ4n) is 2.28. The first-order valence-corrected chi connectivity index (χ1v) is 7.16. The van der Waals surface area contributed by atoms with Gasteiger partial charge in [-0.1, -0.05) is 11.8 Å². The second-order valence-electron chi connectivity index (χ2n) is 4.64. The van der Waals surface area contributed by atoms with Crippen LogP contribution in [0.2, 0.25) is 0 Å². The lowest BCUT2D eigenvalue weighted by Crippen LogP contribution is -2.43. The van der Waals surface area contributed by atoms with Gasteiger partial charge in [0, 0.05) is 6.54 Å². The van der Waals surface area contributed by atoms with Gasteiger partial charge in [-0.25, -0.2) is 0 Å². The van der Waals surface area contributed by atoms with Gasteiger partial charge >= 0.3 is 0 Å². The number of hydrogen-bond donors (Lipinski definition) is 2. The Balaban J connectivity index is 2.23. The van der Waals surface area contributed by atoms with Crippen LogP contribution < -0.4 is 5.73 Å². The summed E-state index contributed by atoms with van der Waals surface area (Å²) in [6, 6.07) is 1.27. The van der Waals surface area contributed by atoms with E-state index in [2.05, 4.69) is 11.8 Å². The number of hydrogen-bond acceptors (Lipinski definition) is 4. The third-order valence-electron chi connectivity index (χ3n) is 3.25. The Labute approximate surface area is 121 Å². The van der Waals surface area contributed by atoms with Gasteiger partial charge in [-0.15, -0.1) is 11.3 Å². The molecule has 0 spiro atoms. The van der Waals surface area contributed by atoms with Crippen molar-refractivity contribution in [1.29, 1.82) is 0 Å². The van der Waals surface area contributed by atoms with Gasteiger partial charge in [0.2, 0.25) is 5.91 Å². The molecule has 2 heterocycles. The molecule has 0 aromatic carbocycles. The van der Waals surface area contributed by atoms with E-state index in [1.807, 2.05) is 6.92 Å². The van der Waals surface area contributed by atoms with Crippen LogP contribution in [-0.2, 0) is 4.79 Å². The largest absolute Gasteiger partial charge is 0.384 e. The molecular weight excluding hydrogens is 276 g/mol. The topological polar surface area (TPSA) is 83.6 Å². The summed E-state index contributed by atoms with van der Waals surface area (Å²) in [5, 5.41) is 8.71. The number of primary amides is 1. The maximum absolute atomic E-state index is 12.4. The van der Waals surface area contributed by atoms with E-state index in [0.29, 0.717) is 17.8 Å². The van der Waals surface area contributed by atoms with Crippen LogP contribution in [0.25, 0.3) is 0 Å². The zero-order chi connectivity index (χ0) is 14.7. The molecule has 5 nitrogen and oxygen atoms in total. The lowest BCUT2D eigenvalue weighted by molar-refractivity contribution is -0.121. The van der Waals surface area contributed by atoms with Crippen LogP contribution in [0.3, 0.4) is 0 Å². The van der Waals surface area contributed by atoms with E-state index < -0.39 is 11.9 Å². The van der Waals surface area contributed by atoms with Gasteiger partial charge in [0.25, 0.3) is 5.91 Å². The van der Waals surface area contributed by atoms with E-state index in [-0.39, 0.29) is 12.5 Å². The summed E-state index contributed by atoms with van der Waals surface area (Å²) in [4.78, 5) is 26.6. The van der Waals surface area contributed by atoms with Crippen LogP contribution in [0.4, 0.5) is 0 Å². The van der Waals surface area contributed by atoms with Gasteiger partial charge in [-0.3, -0.25) is 9.59 Å². The average molecular weight is 292 g/mol. The zero-order valence-corrected chi connectivity index (χ0v) is 12.0. The summed E-state index contributed by atoms with van der Waals surface area (Å²) in [6.07, 6.45) is 1.42. The van der Waals surface area contributed by atoms with Crippen molar-refractivity contribution in [2.75, 3.05) is 13.2 Å². The van der Waals surface area contributed by atoms with Crippen molar-refractivity contribution in [1.82, 2.24) is 4.90 Å². The minimum atomic E-state index is -0.503. The molecule has 0 saturated carbocycles. The quantitative estimate of drug-likeness (QED) is 0.778. The Kier molecular flexibility index (Phi) is 4.42. The molecule has 3 N–H and O–H groups in total. The molecule has 20 heavy (non-hydrogen) atoms. The third kappa shape index (κ3) is 2.84. The van der Waals surface area contributed by atoms with E-state index in [1.165, 1.54) is 16.2 Å². The Morgan fingerprint density at radius 2 is 2.35 bits per heavy atom. The highest BCUT2D eigenvalue weighted by Crippen LogP contribution is 2.26. The molecule has 6 heteroatoms. The molecule has 1 fully saturated rings. The number of amides is 2. The standard InChI is InChI=1S/C14H16N2O3S/c1-9-8-12(20-11(9)5-3-7-17)14(19)16-6-2-4-10(16)13(15)18/h8,10,17H,2,4,6-7H2,1H3,(H2,15,18). The minimum absolute atomic E-state index is 0.170. The molecule has 1 aliphatic rings. The Hall–Kier alpha value is -1.84. The number of aliphatic hydroxyl groups is 1. The number of aryl methyl sites for hydroxylation is 1. The highest BCUT2D eigenvalue weighted by molar-refractivity contribution is 7.14. The third-order valence-corrected chi connectivity index (χ3v) is 4.39. The summed E-state index contributed by atoms with van der Waals surface area (Å²) in [6.45, 7) is 2.21. The number of aliphatic hydroxyl groups excluding tert-OH is 1. The van der Waals surface area contributed by atoms with E-state index in [0.717, 1.165) is 16.9 Å². The normalized spacial score (nSPS) is 17.7. The van der Waals surface area contributed by atoms with Crippen LogP contribution >= 0.6 is 11.3 Å². The zero-order valence-electron chi connectivity index (χ0n) is 11.2. The first-order valence-electron chi connectivity index (χ1n) is 6.35. The van der Waals surface area contributed by atoms with E-state index >= 15 is 0 Å². The first-order chi connectivity index (χ1) is 9.54. The van der Waals surface area contributed by atoms with Gasteiger partial charge in [-0.05, 0) is 31.4 Å². The van der Waals surface area contributed by atoms with Gasteiger partial charge in [0.05, 0.1) is 9.75 Å². The van der Waals surface area contributed by atoms with Gasteiger partial charge < -0.3 is 15.7 Å². The SMILES string of the molecule is Cc1cc(C(=O)N2CCCC2C(N)=O)sc1C#CCO. The summed E-state index contributed by atoms with van der Waals surface area (Å²) >= 11 is 1.28. The van der Waals surface area contributed by atoms with Gasteiger partial charge in [-0.2, -0.15) is 0 Å². The molecule has 1 aliphatic heterocycles. The lowest BCUT2D eigenvalue weighted by atomic mass is 10.2. The first kappa shape index (κ1) is 14.6. The molecule has 1 aromatic heterocycles. The van der Waals surface area contributed by atoms with Crippen molar-refractivity contribution in [3.8, 4) is 11.8 Å². The van der Waals surface area contributed by atoms with E-state index in [4.69, 9.17) is 10.8 Å². The second kappa shape index (κ2) is 6.07. The number of carbonyl (C=O) groups is 2. The lowest BCUT2D eigenvalue weighted by Gasteiger charge is -2.21. The molecule has 106 valence electrons. The monoisotopic (exact) mass is 292 g/mol. The van der Waals surface area contributed by atoms with Crippen LogP contribution in [0.1, 0.15) is 33.0 Å². The Morgan fingerprint density at radius 1 is 1.60 bits per heavy atom. The number of thiophene rings is 1. The molecule has 2 rings (SSSR count). The van der Waals surface area contributed by atoms with Crippen molar-refractivity contribution in [3.63, 3.8) is 0 Å². The number of nitrogens with two attached hydrogens (primary N) is 1. The second-order valence-corrected chi connectivity index (χ2v) is 5.69. The molecular formula is C14H16N2O3S. The van der Waals surface area contributed by atoms with Crippen molar-refractivity contribution in [3.05, 3.63) is 21.4 Å². The molecule has 1 saturated heterocycles.